The van der Waals surface area contributed by atoms with Crippen LogP contribution in [-0.2, 0) is 11.3 Å². The van der Waals surface area contributed by atoms with Crippen LogP contribution in [0.2, 0.25) is 0 Å². The van der Waals surface area contributed by atoms with Gasteiger partial charge < -0.3 is 20.0 Å². The number of Topliss-reactive ketones (excluding diaryl/α,β-unsaturated/α-hetero) is 1. The number of carbonyl (C=O) groups excluding carboxylic acids is 2. The zero-order valence-corrected chi connectivity index (χ0v) is 17.7. The highest BCUT2D eigenvalue weighted by molar-refractivity contribution is 6.03. The average Bonchev–Trinajstić information content (AvgIpc) is 3.00. The predicted molar refractivity (Wildman–Crippen MR) is 116 cm³/mol. The van der Waals surface area contributed by atoms with Crippen LogP contribution in [0.3, 0.4) is 0 Å². The summed E-state index contributed by atoms with van der Waals surface area (Å²) in [6, 6.07) is 17.3. The summed E-state index contributed by atoms with van der Waals surface area (Å²) in [6.07, 6.45) is 0. The summed E-state index contributed by atoms with van der Waals surface area (Å²) in [5, 5.41) is 12.3. The highest BCUT2D eigenvalue weighted by Crippen LogP contribution is 2.40. The lowest BCUT2D eigenvalue weighted by atomic mass is 10.1. The van der Waals surface area contributed by atoms with Gasteiger partial charge in [0, 0.05) is 32.3 Å². The van der Waals surface area contributed by atoms with Crippen molar-refractivity contribution in [3.05, 3.63) is 71.1 Å². The van der Waals surface area contributed by atoms with Gasteiger partial charge in [-0.3, -0.25) is 9.59 Å². The van der Waals surface area contributed by atoms with Crippen molar-refractivity contribution in [3.63, 3.8) is 0 Å². The molecule has 1 heterocycles. The number of nitriles is 1. The Labute approximate surface area is 176 Å². The Morgan fingerprint density at radius 2 is 1.60 bits per heavy atom. The fraction of sp³-hybridized carbons (Fsp3) is 0.261. The maximum absolute atomic E-state index is 13.0. The maximum atomic E-state index is 13.0. The highest BCUT2D eigenvalue weighted by Gasteiger charge is 2.32. The highest BCUT2D eigenvalue weighted by atomic mass is 16.1. The summed E-state index contributed by atoms with van der Waals surface area (Å²) in [7, 11) is 7.25. The van der Waals surface area contributed by atoms with E-state index in [2.05, 4.69) is 11.4 Å². The molecule has 1 aliphatic heterocycles. The van der Waals surface area contributed by atoms with E-state index >= 15 is 0 Å². The molecule has 0 bridgehead atoms. The number of quaternary nitrogens is 1. The third kappa shape index (κ3) is 4.04. The summed E-state index contributed by atoms with van der Waals surface area (Å²) < 4.78 is 0. The van der Waals surface area contributed by atoms with Gasteiger partial charge in [-0.15, -0.1) is 0 Å². The molecule has 0 spiro atoms. The number of anilines is 2. The van der Waals surface area contributed by atoms with Crippen molar-refractivity contribution in [2.75, 3.05) is 44.5 Å². The summed E-state index contributed by atoms with van der Waals surface area (Å²) in [6.45, 7) is 0.807. The van der Waals surface area contributed by atoms with Gasteiger partial charge in [-0.05, 0) is 24.3 Å². The van der Waals surface area contributed by atoms with Crippen LogP contribution in [0.25, 0.3) is 0 Å². The Bertz CT molecular complexity index is 1010. The minimum absolute atomic E-state index is 0.131. The molecule has 1 aliphatic rings. The summed E-state index contributed by atoms with van der Waals surface area (Å²) in [4.78, 5) is 29.4. The summed E-state index contributed by atoms with van der Waals surface area (Å²) in [5.41, 5.74) is 3.70. The molecular formula is C23H26N5O2+. The van der Waals surface area contributed by atoms with Gasteiger partial charge in [-0.2, -0.15) is 5.26 Å². The normalized spacial score (nSPS) is 13.5. The molecule has 0 saturated carbocycles. The standard InChI is InChI=1S/C23H25N5O2/c1-25-22(30)17-11-9-16(10-12-17)14-26(2)15-21(29)18(13-24)23-27(3)19-7-5-6-8-20(19)28(23)4/h5-12H,14-15H2,1-4H3,(H,25,30)/p+1. The second-order valence-corrected chi connectivity index (χ2v) is 7.43. The molecule has 0 aromatic heterocycles. The number of para-hydroxylation sites is 2. The Kier molecular flexibility index (Phi) is 6.19. The van der Waals surface area contributed by atoms with E-state index in [4.69, 9.17) is 0 Å². The molecule has 0 radical (unpaired) electrons. The van der Waals surface area contributed by atoms with Gasteiger partial charge in [-0.1, -0.05) is 24.3 Å². The number of fused-ring (bicyclic) bond motifs is 1. The van der Waals surface area contributed by atoms with Crippen LogP contribution in [0.1, 0.15) is 15.9 Å². The second-order valence-electron chi connectivity index (χ2n) is 7.43. The molecule has 0 fully saturated rings. The SMILES string of the molecule is CNC(=O)c1ccc(C[NH+](C)CC(=O)C(C#N)=C2N(C)c3ccccc3N2C)cc1. The number of rotatable bonds is 6. The molecule has 2 aromatic rings. The molecule has 0 aliphatic carbocycles. The van der Waals surface area contributed by atoms with Crippen molar-refractivity contribution in [2.45, 2.75) is 6.54 Å². The van der Waals surface area contributed by atoms with Gasteiger partial charge in [-0.25, -0.2) is 0 Å². The van der Waals surface area contributed by atoms with Crippen LogP contribution < -0.4 is 20.0 Å². The van der Waals surface area contributed by atoms with Crippen LogP contribution >= 0.6 is 0 Å². The first kappa shape index (κ1) is 21.1. The number of hydrogen-bond donors (Lipinski definition) is 2. The molecule has 3 rings (SSSR count). The van der Waals surface area contributed by atoms with E-state index in [0.717, 1.165) is 21.8 Å². The molecule has 154 valence electrons. The first-order valence-electron chi connectivity index (χ1n) is 9.73. The van der Waals surface area contributed by atoms with Crippen LogP contribution in [0.15, 0.2) is 59.9 Å². The number of likely N-dealkylation sites (N-methyl/N-ethyl adjacent to an activating group) is 1. The number of ketones is 1. The fourth-order valence-electron chi connectivity index (χ4n) is 3.75. The van der Waals surface area contributed by atoms with Crippen LogP contribution in [0.4, 0.5) is 11.4 Å². The van der Waals surface area contributed by atoms with Crippen molar-refractivity contribution in [1.29, 1.82) is 5.26 Å². The predicted octanol–water partition coefficient (Wildman–Crippen LogP) is 0.951. The molecule has 1 amide bonds. The van der Waals surface area contributed by atoms with Crippen LogP contribution in [0, 0.1) is 11.3 Å². The van der Waals surface area contributed by atoms with E-state index in [1.54, 1.807) is 19.2 Å². The van der Waals surface area contributed by atoms with Crippen molar-refractivity contribution >= 4 is 23.1 Å². The van der Waals surface area contributed by atoms with Crippen LogP contribution in [0.5, 0.6) is 0 Å². The van der Waals surface area contributed by atoms with Crippen molar-refractivity contribution in [2.24, 2.45) is 0 Å². The van der Waals surface area contributed by atoms with Gasteiger partial charge >= 0.3 is 0 Å². The van der Waals surface area contributed by atoms with Crippen molar-refractivity contribution < 1.29 is 14.5 Å². The molecule has 1 atom stereocenters. The molecule has 30 heavy (non-hydrogen) atoms. The monoisotopic (exact) mass is 404 g/mol. The first-order chi connectivity index (χ1) is 14.4. The van der Waals surface area contributed by atoms with Gasteiger partial charge in [0.1, 0.15) is 30.6 Å². The van der Waals surface area contributed by atoms with Gasteiger partial charge in [0.05, 0.1) is 18.4 Å². The molecule has 7 nitrogen and oxygen atoms in total. The Hall–Kier alpha value is -3.63. The first-order valence-corrected chi connectivity index (χ1v) is 9.73. The van der Waals surface area contributed by atoms with Gasteiger partial charge in [0.25, 0.3) is 5.91 Å². The lowest BCUT2D eigenvalue weighted by Gasteiger charge is -2.20. The topological polar surface area (TPSA) is 80.9 Å². The van der Waals surface area contributed by atoms with E-state index in [9.17, 15) is 14.9 Å². The largest absolute Gasteiger partial charge is 0.355 e. The molecule has 0 saturated heterocycles. The van der Waals surface area contributed by atoms with E-state index in [-0.39, 0.29) is 23.8 Å². The van der Waals surface area contributed by atoms with E-state index in [1.807, 2.05) is 67.3 Å². The minimum Gasteiger partial charge on any atom is -0.355 e. The smallest absolute Gasteiger partial charge is 0.251 e. The van der Waals surface area contributed by atoms with Crippen molar-refractivity contribution in [3.8, 4) is 6.07 Å². The molecule has 7 heteroatoms. The van der Waals surface area contributed by atoms with Gasteiger partial charge in [0.15, 0.2) is 0 Å². The Morgan fingerprint density at radius 1 is 1.03 bits per heavy atom. The number of hydrogen-bond acceptors (Lipinski definition) is 5. The fourth-order valence-corrected chi connectivity index (χ4v) is 3.75. The number of amides is 1. The van der Waals surface area contributed by atoms with Gasteiger partial charge in [0.2, 0.25) is 5.78 Å². The number of benzene rings is 2. The number of nitrogens with zero attached hydrogens (tertiary/aromatic N) is 3. The maximum Gasteiger partial charge on any atom is 0.251 e. The van der Waals surface area contributed by atoms with Crippen LogP contribution in [-0.4, -0.2) is 46.4 Å². The lowest BCUT2D eigenvalue weighted by Crippen LogP contribution is -3.08. The molecule has 1 unspecified atom stereocenters. The number of nitrogens with one attached hydrogen (secondary N) is 2. The Morgan fingerprint density at radius 3 is 2.10 bits per heavy atom. The van der Waals surface area contributed by atoms with Crippen molar-refractivity contribution in [1.82, 2.24) is 5.32 Å². The number of carbonyl (C=O) groups is 2. The average molecular weight is 404 g/mol. The Balaban J connectivity index is 1.74. The third-order valence-electron chi connectivity index (χ3n) is 5.27. The van der Waals surface area contributed by atoms with E-state index < -0.39 is 0 Å². The third-order valence-corrected chi connectivity index (χ3v) is 5.27. The summed E-state index contributed by atoms with van der Waals surface area (Å²) in [5.74, 6) is 0.276. The summed E-state index contributed by atoms with van der Waals surface area (Å²) >= 11 is 0. The molecular weight excluding hydrogens is 378 g/mol. The minimum atomic E-state index is -0.196. The quantitative estimate of drug-likeness (QED) is 0.554. The zero-order valence-electron chi connectivity index (χ0n) is 17.7. The molecule has 2 aromatic carbocycles. The zero-order chi connectivity index (χ0) is 21.8. The molecule has 2 N–H and O–H groups in total. The second kappa shape index (κ2) is 8.80. The lowest BCUT2D eigenvalue weighted by molar-refractivity contribution is -0.885. The van der Waals surface area contributed by atoms with E-state index in [1.165, 1.54) is 0 Å². The van der Waals surface area contributed by atoms with E-state index in [0.29, 0.717) is 17.9 Å².